The third-order valence-corrected chi connectivity index (χ3v) is 4.00. The van der Waals surface area contributed by atoms with Gasteiger partial charge in [0.25, 0.3) is 0 Å². The van der Waals surface area contributed by atoms with Gasteiger partial charge in [0.1, 0.15) is 0 Å². The summed E-state index contributed by atoms with van der Waals surface area (Å²) in [6.07, 6.45) is 6.26. The largest absolute Gasteiger partial charge is 0.374 e. The summed E-state index contributed by atoms with van der Waals surface area (Å²) < 4.78 is 6.13. The van der Waals surface area contributed by atoms with Gasteiger partial charge in [0.2, 0.25) is 0 Å². The quantitative estimate of drug-likeness (QED) is 0.752. The van der Waals surface area contributed by atoms with Gasteiger partial charge in [-0.25, -0.2) is 0 Å². The molecular weight excluding hydrogens is 198 g/mol. The van der Waals surface area contributed by atoms with Gasteiger partial charge < -0.3 is 10.1 Å². The molecule has 16 heavy (non-hydrogen) atoms. The first-order valence-electron chi connectivity index (χ1n) is 6.92. The maximum atomic E-state index is 6.13. The first-order chi connectivity index (χ1) is 7.63. The summed E-state index contributed by atoms with van der Waals surface area (Å²) in [7, 11) is 2.03. The molecule has 1 aliphatic rings. The average molecular weight is 227 g/mol. The normalized spacial score (nSPS) is 30.9. The number of likely N-dealkylation sites (N-methyl/N-ethyl adjacent to an activating group) is 1. The van der Waals surface area contributed by atoms with Crippen molar-refractivity contribution in [3.8, 4) is 0 Å². The molecular formula is C14H29NO. The fourth-order valence-corrected chi connectivity index (χ4v) is 2.85. The van der Waals surface area contributed by atoms with E-state index in [-0.39, 0.29) is 5.60 Å². The Balaban J connectivity index is 2.48. The Morgan fingerprint density at radius 3 is 2.38 bits per heavy atom. The fraction of sp³-hybridized carbons (Fsp3) is 1.00. The van der Waals surface area contributed by atoms with Crippen LogP contribution >= 0.6 is 0 Å². The van der Waals surface area contributed by atoms with Crippen molar-refractivity contribution < 1.29 is 4.74 Å². The van der Waals surface area contributed by atoms with E-state index in [0.29, 0.717) is 0 Å². The molecule has 96 valence electrons. The zero-order chi connectivity index (χ0) is 12.0. The van der Waals surface area contributed by atoms with E-state index in [1.165, 1.54) is 25.7 Å². The van der Waals surface area contributed by atoms with Crippen molar-refractivity contribution in [2.24, 2.45) is 11.8 Å². The third kappa shape index (κ3) is 3.74. The van der Waals surface area contributed by atoms with E-state index < -0.39 is 0 Å². The van der Waals surface area contributed by atoms with Gasteiger partial charge in [-0.15, -0.1) is 0 Å². The lowest BCUT2D eigenvalue weighted by molar-refractivity contribution is -0.0782. The molecule has 0 spiro atoms. The van der Waals surface area contributed by atoms with Crippen molar-refractivity contribution in [3.63, 3.8) is 0 Å². The van der Waals surface area contributed by atoms with E-state index in [2.05, 4.69) is 26.1 Å². The summed E-state index contributed by atoms with van der Waals surface area (Å²) in [4.78, 5) is 0. The highest BCUT2D eigenvalue weighted by Gasteiger charge is 2.36. The maximum Gasteiger partial charge on any atom is 0.0806 e. The maximum absolute atomic E-state index is 6.13. The van der Waals surface area contributed by atoms with Crippen LogP contribution in [0.3, 0.4) is 0 Å². The van der Waals surface area contributed by atoms with Crippen molar-refractivity contribution >= 4 is 0 Å². The molecule has 0 atom stereocenters. The van der Waals surface area contributed by atoms with E-state index in [4.69, 9.17) is 4.74 Å². The lowest BCUT2D eigenvalue weighted by atomic mass is 9.74. The van der Waals surface area contributed by atoms with Crippen LogP contribution in [0.4, 0.5) is 0 Å². The van der Waals surface area contributed by atoms with Gasteiger partial charge in [-0.05, 0) is 51.0 Å². The first kappa shape index (κ1) is 14.0. The van der Waals surface area contributed by atoms with Crippen LogP contribution in [0.1, 0.15) is 52.9 Å². The van der Waals surface area contributed by atoms with Crippen LogP contribution in [0.5, 0.6) is 0 Å². The summed E-state index contributed by atoms with van der Waals surface area (Å²) in [6.45, 7) is 8.81. The Hall–Kier alpha value is -0.0800. The van der Waals surface area contributed by atoms with Crippen LogP contribution in [0, 0.1) is 11.8 Å². The van der Waals surface area contributed by atoms with Crippen LogP contribution in [-0.4, -0.2) is 25.8 Å². The highest BCUT2D eigenvalue weighted by atomic mass is 16.5. The lowest BCUT2D eigenvalue weighted by Gasteiger charge is -2.41. The second-order valence-corrected chi connectivity index (χ2v) is 5.64. The van der Waals surface area contributed by atoms with Crippen LogP contribution in [0.25, 0.3) is 0 Å². The minimum atomic E-state index is 0.135. The van der Waals surface area contributed by atoms with E-state index >= 15 is 0 Å². The Morgan fingerprint density at radius 1 is 1.31 bits per heavy atom. The molecule has 0 aromatic rings. The number of nitrogens with one attached hydrogen (secondary N) is 1. The molecule has 0 aromatic carbocycles. The molecule has 2 heteroatoms. The zero-order valence-electron chi connectivity index (χ0n) is 11.5. The minimum Gasteiger partial charge on any atom is -0.374 e. The summed E-state index contributed by atoms with van der Waals surface area (Å²) in [5.74, 6) is 1.74. The monoisotopic (exact) mass is 227 g/mol. The second-order valence-electron chi connectivity index (χ2n) is 5.64. The second kappa shape index (κ2) is 6.61. The highest BCUT2D eigenvalue weighted by Crippen LogP contribution is 2.37. The predicted octanol–water partition coefficient (Wildman–Crippen LogP) is 3.22. The molecule has 0 saturated heterocycles. The van der Waals surface area contributed by atoms with Gasteiger partial charge in [0.05, 0.1) is 5.60 Å². The van der Waals surface area contributed by atoms with E-state index in [9.17, 15) is 0 Å². The molecule has 0 heterocycles. The van der Waals surface area contributed by atoms with E-state index in [0.717, 1.165) is 31.4 Å². The highest BCUT2D eigenvalue weighted by molar-refractivity contribution is 4.89. The van der Waals surface area contributed by atoms with Gasteiger partial charge in [-0.3, -0.25) is 0 Å². The van der Waals surface area contributed by atoms with Crippen molar-refractivity contribution in [3.05, 3.63) is 0 Å². The number of hydrogen-bond donors (Lipinski definition) is 1. The molecule has 0 aliphatic heterocycles. The molecule has 0 bridgehead atoms. The first-order valence-corrected chi connectivity index (χ1v) is 6.92. The molecule has 1 aliphatic carbocycles. The van der Waals surface area contributed by atoms with Gasteiger partial charge >= 0.3 is 0 Å². The van der Waals surface area contributed by atoms with Crippen LogP contribution in [0.15, 0.2) is 0 Å². The smallest absolute Gasteiger partial charge is 0.0806 e. The third-order valence-electron chi connectivity index (χ3n) is 4.00. The van der Waals surface area contributed by atoms with E-state index in [1.807, 2.05) is 7.05 Å². The van der Waals surface area contributed by atoms with Crippen LogP contribution < -0.4 is 5.32 Å². The Morgan fingerprint density at radius 2 is 1.94 bits per heavy atom. The SMILES string of the molecule is CCCOC1(CNC)CCC(C(C)C)CC1. The Bertz CT molecular complexity index is 183. The molecule has 1 saturated carbocycles. The van der Waals surface area contributed by atoms with Crippen molar-refractivity contribution in [1.82, 2.24) is 5.32 Å². The Kier molecular flexibility index (Phi) is 5.77. The molecule has 1 N–H and O–H groups in total. The Labute approximate surface area is 101 Å². The summed E-state index contributed by atoms with van der Waals surface area (Å²) >= 11 is 0. The molecule has 0 radical (unpaired) electrons. The van der Waals surface area contributed by atoms with Gasteiger partial charge in [0, 0.05) is 13.2 Å². The van der Waals surface area contributed by atoms with Crippen LogP contribution in [-0.2, 0) is 4.74 Å². The summed E-state index contributed by atoms with van der Waals surface area (Å²) in [5, 5.41) is 3.31. The fourth-order valence-electron chi connectivity index (χ4n) is 2.85. The number of hydrogen-bond acceptors (Lipinski definition) is 2. The average Bonchev–Trinajstić information content (AvgIpc) is 2.27. The molecule has 2 nitrogen and oxygen atoms in total. The summed E-state index contributed by atoms with van der Waals surface area (Å²) in [5.41, 5.74) is 0.135. The van der Waals surface area contributed by atoms with Gasteiger partial charge in [0.15, 0.2) is 0 Å². The number of rotatable bonds is 6. The lowest BCUT2D eigenvalue weighted by Crippen LogP contribution is -2.45. The van der Waals surface area contributed by atoms with Gasteiger partial charge in [-0.2, -0.15) is 0 Å². The minimum absolute atomic E-state index is 0.135. The molecule has 0 aromatic heterocycles. The zero-order valence-corrected chi connectivity index (χ0v) is 11.5. The van der Waals surface area contributed by atoms with Gasteiger partial charge in [-0.1, -0.05) is 20.8 Å². The predicted molar refractivity (Wildman–Crippen MR) is 69.7 cm³/mol. The summed E-state index contributed by atoms with van der Waals surface area (Å²) in [6, 6.07) is 0. The number of ether oxygens (including phenoxy) is 1. The molecule has 0 unspecified atom stereocenters. The van der Waals surface area contributed by atoms with E-state index in [1.54, 1.807) is 0 Å². The van der Waals surface area contributed by atoms with Crippen molar-refractivity contribution in [1.29, 1.82) is 0 Å². The van der Waals surface area contributed by atoms with Crippen LogP contribution in [0.2, 0.25) is 0 Å². The standard InChI is InChI=1S/C14H29NO/c1-5-10-16-14(11-15-4)8-6-13(7-9-14)12(2)3/h12-13,15H,5-11H2,1-4H3. The van der Waals surface area contributed by atoms with Crippen molar-refractivity contribution in [2.75, 3.05) is 20.2 Å². The molecule has 0 amide bonds. The molecule has 1 fully saturated rings. The molecule has 1 rings (SSSR count). The van der Waals surface area contributed by atoms with Crippen molar-refractivity contribution in [2.45, 2.75) is 58.5 Å². The topological polar surface area (TPSA) is 21.3 Å².